The van der Waals surface area contributed by atoms with Crippen LogP contribution in [0.4, 0.5) is 43.9 Å². The number of aromatic nitrogens is 3. The van der Waals surface area contributed by atoms with Crippen LogP contribution in [0.5, 0.6) is 6.01 Å². The maximum atomic E-state index is 12.9. The zero-order valence-corrected chi connectivity index (χ0v) is 17.5. The van der Waals surface area contributed by atoms with Gasteiger partial charge in [0.05, 0.1) is 5.56 Å². The monoisotopic (exact) mass is 480 g/mol. The van der Waals surface area contributed by atoms with E-state index in [-0.39, 0.29) is 36.5 Å². The third-order valence-electron chi connectivity index (χ3n) is 3.86. The van der Waals surface area contributed by atoms with Gasteiger partial charge in [-0.2, -0.15) is 41.3 Å². The summed E-state index contributed by atoms with van der Waals surface area (Å²) < 4.78 is 80.7. The summed E-state index contributed by atoms with van der Waals surface area (Å²) in [5, 5.41) is 7.93. The van der Waals surface area contributed by atoms with Gasteiger partial charge in [-0.25, -0.2) is 0 Å². The highest BCUT2D eigenvalue weighted by molar-refractivity contribution is 5.75. The second-order valence-corrected chi connectivity index (χ2v) is 6.75. The molecule has 0 saturated carbocycles. The summed E-state index contributed by atoms with van der Waals surface area (Å²) in [5.41, 5.74) is -0.980. The molecule has 1 aromatic carbocycles. The van der Waals surface area contributed by atoms with E-state index >= 15 is 0 Å². The van der Waals surface area contributed by atoms with Gasteiger partial charge >= 0.3 is 18.4 Å². The minimum atomic E-state index is -4.65. The van der Waals surface area contributed by atoms with Crippen LogP contribution in [0, 0.1) is 0 Å². The number of alkyl halides is 6. The van der Waals surface area contributed by atoms with Crippen molar-refractivity contribution >= 4 is 23.5 Å². The summed E-state index contributed by atoms with van der Waals surface area (Å²) >= 11 is 0. The fourth-order valence-corrected chi connectivity index (χ4v) is 2.41. The molecule has 0 saturated heterocycles. The number of anilines is 3. The number of amides is 1. The lowest BCUT2D eigenvalue weighted by molar-refractivity contribution is -0.154. The Labute approximate surface area is 185 Å². The standard InChI is InChI=1S/C19H22F6N6O2/c1-2-8-26-14(32)7-4-9-27-15-29-16(31-17(30-15)33-11-18(20,21)22)28-13-6-3-5-12(10-13)19(23,24)25/h3,5-6,10H,2,4,7-9,11H2,1H3,(H,26,32)(H2,27,28,29,30,31). The number of carbonyl (C=O) groups excluding carboxylic acids is 1. The van der Waals surface area contributed by atoms with Gasteiger partial charge in [0.25, 0.3) is 0 Å². The molecule has 0 fully saturated rings. The van der Waals surface area contributed by atoms with Gasteiger partial charge in [0.1, 0.15) is 0 Å². The maximum absolute atomic E-state index is 12.9. The summed E-state index contributed by atoms with van der Waals surface area (Å²) in [4.78, 5) is 22.9. The molecule has 0 atom stereocenters. The van der Waals surface area contributed by atoms with Crippen LogP contribution in [0.25, 0.3) is 0 Å². The first-order chi connectivity index (χ1) is 15.5. The molecule has 2 aromatic rings. The summed E-state index contributed by atoms with van der Waals surface area (Å²) in [5.74, 6) is -0.661. The van der Waals surface area contributed by atoms with Gasteiger partial charge in [0.2, 0.25) is 17.8 Å². The number of halogens is 6. The Morgan fingerprint density at radius 1 is 1.03 bits per heavy atom. The molecule has 8 nitrogen and oxygen atoms in total. The molecule has 182 valence electrons. The molecule has 1 aromatic heterocycles. The summed E-state index contributed by atoms with van der Waals surface area (Å²) in [6, 6.07) is 3.43. The Kier molecular flexibility index (Phi) is 9.05. The van der Waals surface area contributed by atoms with E-state index in [4.69, 9.17) is 0 Å². The lowest BCUT2D eigenvalue weighted by atomic mass is 10.2. The van der Waals surface area contributed by atoms with Crippen molar-refractivity contribution in [2.45, 2.75) is 38.5 Å². The number of hydrogen-bond acceptors (Lipinski definition) is 7. The lowest BCUT2D eigenvalue weighted by Crippen LogP contribution is -2.24. The van der Waals surface area contributed by atoms with E-state index < -0.39 is 30.5 Å². The predicted molar refractivity (Wildman–Crippen MR) is 107 cm³/mol. The molecule has 0 aliphatic heterocycles. The topological polar surface area (TPSA) is 101 Å². The largest absolute Gasteiger partial charge is 0.454 e. The Morgan fingerprint density at radius 2 is 1.76 bits per heavy atom. The van der Waals surface area contributed by atoms with Crippen molar-refractivity contribution in [2.24, 2.45) is 0 Å². The van der Waals surface area contributed by atoms with Crippen LogP contribution in [-0.4, -0.2) is 46.7 Å². The molecule has 3 N–H and O–H groups in total. The zero-order chi connectivity index (χ0) is 24.5. The summed E-state index contributed by atoms with van der Waals surface area (Å²) in [6.07, 6.45) is -7.88. The van der Waals surface area contributed by atoms with Crippen molar-refractivity contribution in [3.63, 3.8) is 0 Å². The van der Waals surface area contributed by atoms with Crippen molar-refractivity contribution in [3.05, 3.63) is 29.8 Å². The quantitative estimate of drug-likeness (QED) is 0.326. The Bertz CT molecular complexity index is 922. The average molecular weight is 480 g/mol. The highest BCUT2D eigenvalue weighted by Gasteiger charge is 2.31. The number of nitrogens with zero attached hydrogens (tertiary/aromatic N) is 3. The van der Waals surface area contributed by atoms with Crippen LogP contribution in [0.2, 0.25) is 0 Å². The smallest absolute Gasteiger partial charge is 0.422 e. The fourth-order valence-electron chi connectivity index (χ4n) is 2.41. The van der Waals surface area contributed by atoms with Gasteiger partial charge in [-0.05, 0) is 31.0 Å². The molecule has 1 amide bonds. The van der Waals surface area contributed by atoms with E-state index in [1.54, 1.807) is 0 Å². The number of hydrogen-bond donors (Lipinski definition) is 3. The number of carbonyl (C=O) groups is 1. The molecule has 0 spiro atoms. The normalized spacial score (nSPS) is 11.7. The van der Waals surface area contributed by atoms with E-state index in [2.05, 4.69) is 35.6 Å². The molecule has 0 aliphatic rings. The van der Waals surface area contributed by atoms with E-state index in [1.165, 1.54) is 6.07 Å². The molecule has 2 rings (SSSR count). The second kappa shape index (κ2) is 11.5. The van der Waals surface area contributed by atoms with Gasteiger partial charge in [0.15, 0.2) is 6.61 Å². The fraction of sp³-hybridized carbons (Fsp3) is 0.474. The first kappa shape index (κ1) is 25.9. The summed E-state index contributed by atoms with van der Waals surface area (Å²) in [6.45, 7) is 0.985. The van der Waals surface area contributed by atoms with E-state index in [9.17, 15) is 31.1 Å². The van der Waals surface area contributed by atoms with Crippen LogP contribution in [0.15, 0.2) is 24.3 Å². The van der Waals surface area contributed by atoms with Gasteiger partial charge < -0.3 is 20.7 Å². The van der Waals surface area contributed by atoms with Gasteiger partial charge in [-0.3, -0.25) is 4.79 Å². The SMILES string of the molecule is CCCNC(=O)CCCNc1nc(Nc2cccc(C(F)(F)F)c2)nc(OCC(F)(F)F)n1. The molecular formula is C19H22F6N6O2. The Balaban J connectivity index is 2.12. The molecule has 33 heavy (non-hydrogen) atoms. The molecule has 0 radical (unpaired) electrons. The first-order valence-corrected chi connectivity index (χ1v) is 9.87. The minimum absolute atomic E-state index is 0.0451. The average Bonchev–Trinajstić information content (AvgIpc) is 2.73. The van der Waals surface area contributed by atoms with Crippen LogP contribution in [0.1, 0.15) is 31.7 Å². The number of benzene rings is 1. The van der Waals surface area contributed by atoms with Crippen molar-refractivity contribution < 1.29 is 35.9 Å². The van der Waals surface area contributed by atoms with Crippen LogP contribution >= 0.6 is 0 Å². The molecule has 0 unspecified atom stereocenters. The first-order valence-electron chi connectivity index (χ1n) is 9.87. The van der Waals surface area contributed by atoms with Crippen LogP contribution in [0.3, 0.4) is 0 Å². The molecule has 1 heterocycles. The number of ether oxygens (including phenoxy) is 1. The van der Waals surface area contributed by atoms with Gasteiger partial charge in [0, 0.05) is 25.2 Å². The Morgan fingerprint density at radius 3 is 2.42 bits per heavy atom. The van der Waals surface area contributed by atoms with Crippen molar-refractivity contribution in [1.29, 1.82) is 0 Å². The van der Waals surface area contributed by atoms with Crippen molar-refractivity contribution in [2.75, 3.05) is 30.3 Å². The number of rotatable bonds is 11. The van der Waals surface area contributed by atoms with Crippen LogP contribution in [-0.2, 0) is 11.0 Å². The number of nitrogens with one attached hydrogen (secondary N) is 3. The van der Waals surface area contributed by atoms with Crippen LogP contribution < -0.4 is 20.7 Å². The second-order valence-electron chi connectivity index (χ2n) is 6.75. The zero-order valence-electron chi connectivity index (χ0n) is 17.5. The van der Waals surface area contributed by atoms with E-state index in [1.807, 2.05) is 6.92 Å². The molecule has 0 aliphatic carbocycles. The maximum Gasteiger partial charge on any atom is 0.422 e. The van der Waals surface area contributed by atoms with E-state index in [0.29, 0.717) is 13.0 Å². The Hall–Kier alpha value is -3.32. The van der Waals surface area contributed by atoms with E-state index in [0.717, 1.165) is 24.6 Å². The van der Waals surface area contributed by atoms with Gasteiger partial charge in [-0.15, -0.1) is 0 Å². The molecular weight excluding hydrogens is 458 g/mol. The van der Waals surface area contributed by atoms with Crippen molar-refractivity contribution in [3.8, 4) is 6.01 Å². The van der Waals surface area contributed by atoms with Crippen molar-refractivity contribution in [1.82, 2.24) is 20.3 Å². The predicted octanol–water partition coefficient (Wildman–Crippen LogP) is 4.29. The minimum Gasteiger partial charge on any atom is -0.454 e. The highest BCUT2D eigenvalue weighted by atomic mass is 19.4. The highest BCUT2D eigenvalue weighted by Crippen LogP contribution is 2.31. The molecule has 14 heteroatoms. The lowest BCUT2D eigenvalue weighted by Gasteiger charge is -2.13. The molecule has 0 bridgehead atoms. The summed E-state index contributed by atoms with van der Waals surface area (Å²) in [7, 11) is 0. The van der Waals surface area contributed by atoms with Gasteiger partial charge in [-0.1, -0.05) is 13.0 Å². The third kappa shape index (κ3) is 9.78. The third-order valence-corrected chi connectivity index (χ3v) is 3.86.